The molecule has 4 N–H and O–H groups in total. The molecule has 2 aromatic carbocycles. The summed E-state index contributed by atoms with van der Waals surface area (Å²) in [6, 6.07) is 9.94. The first-order chi connectivity index (χ1) is 12.5. The van der Waals surface area contributed by atoms with Gasteiger partial charge in [0.25, 0.3) is 21.8 Å². The quantitative estimate of drug-likeness (QED) is 0.685. The maximum Gasteiger partial charge on any atom is 0.405 e. The number of hydrogen-bond donors (Lipinski definition) is 3. The molecule has 0 aliphatic carbocycles. The summed E-state index contributed by atoms with van der Waals surface area (Å²) < 4.78 is 63.3. The van der Waals surface area contributed by atoms with E-state index in [-0.39, 0.29) is 21.7 Å². The van der Waals surface area contributed by atoms with Gasteiger partial charge in [-0.15, -0.1) is 0 Å². The number of anilines is 1. The third-order valence-corrected chi connectivity index (χ3v) is 4.69. The summed E-state index contributed by atoms with van der Waals surface area (Å²) in [5.74, 6) is -1.83. The van der Waals surface area contributed by atoms with E-state index in [1.54, 1.807) is 5.32 Å². The fourth-order valence-electron chi connectivity index (χ4n) is 2.06. The standard InChI is InChI=1S/C16H14F3N3O4S/c17-16(18,19)9-21-15(24)10-5-7-11(8-6-10)27(25,26)22-13-4-2-1-3-12(13)14(20)23/h1-8,22H,9H2,(H2,20,23)(H,21,24). The number of nitrogens with two attached hydrogens (primary N) is 1. The van der Waals surface area contributed by atoms with Crippen molar-refractivity contribution in [2.24, 2.45) is 5.73 Å². The first kappa shape index (κ1) is 20.2. The Morgan fingerprint density at radius 2 is 1.59 bits per heavy atom. The van der Waals surface area contributed by atoms with Crippen molar-refractivity contribution in [2.45, 2.75) is 11.1 Å². The van der Waals surface area contributed by atoms with Crippen molar-refractivity contribution < 1.29 is 31.2 Å². The Morgan fingerprint density at radius 3 is 2.15 bits per heavy atom. The van der Waals surface area contributed by atoms with Crippen LogP contribution in [0.2, 0.25) is 0 Å². The second-order valence-corrected chi connectivity index (χ2v) is 7.02. The number of hydrogen-bond acceptors (Lipinski definition) is 4. The summed E-state index contributed by atoms with van der Waals surface area (Å²) in [4.78, 5) is 22.7. The van der Waals surface area contributed by atoms with Gasteiger partial charge in [0.2, 0.25) is 0 Å². The summed E-state index contributed by atoms with van der Waals surface area (Å²) in [6.45, 7) is -1.50. The lowest BCUT2D eigenvalue weighted by Crippen LogP contribution is -2.33. The van der Waals surface area contributed by atoms with Crippen molar-refractivity contribution in [3.63, 3.8) is 0 Å². The van der Waals surface area contributed by atoms with Crippen LogP contribution in [0.4, 0.5) is 18.9 Å². The Labute approximate surface area is 152 Å². The second-order valence-electron chi connectivity index (χ2n) is 5.34. The van der Waals surface area contributed by atoms with Gasteiger partial charge in [0.1, 0.15) is 6.54 Å². The number of carbonyl (C=O) groups is 2. The van der Waals surface area contributed by atoms with Gasteiger partial charge in [0.05, 0.1) is 16.1 Å². The number of halogens is 3. The van der Waals surface area contributed by atoms with Crippen LogP contribution in [0.15, 0.2) is 53.4 Å². The molecule has 0 aliphatic heterocycles. The molecular weight excluding hydrogens is 387 g/mol. The molecule has 0 heterocycles. The third-order valence-electron chi connectivity index (χ3n) is 3.31. The fourth-order valence-corrected chi connectivity index (χ4v) is 3.14. The topological polar surface area (TPSA) is 118 Å². The van der Waals surface area contributed by atoms with Crippen LogP contribution in [0.3, 0.4) is 0 Å². The van der Waals surface area contributed by atoms with Crippen molar-refractivity contribution in [3.05, 3.63) is 59.7 Å². The van der Waals surface area contributed by atoms with Crippen molar-refractivity contribution in [1.29, 1.82) is 0 Å². The highest BCUT2D eigenvalue weighted by Crippen LogP contribution is 2.20. The Balaban J connectivity index is 2.18. The number of primary amides is 1. The Hall–Kier alpha value is -3.08. The van der Waals surface area contributed by atoms with Crippen LogP contribution in [-0.2, 0) is 10.0 Å². The van der Waals surface area contributed by atoms with E-state index >= 15 is 0 Å². The molecule has 0 aliphatic rings. The number of rotatable bonds is 6. The van der Waals surface area contributed by atoms with Gasteiger partial charge < -0.3 is 11.1 Å². The molecular formula is C16H14F3N3O4S. The van der Waals surface area contributed by atoms with Crippen molar-refractivity contribution in [2.75, 3.05) is 11.3 Å². The van der Waals surface area contributed by atoms with Gasteiger partial charge in [-0.05, 0) is 36.4 Å². The molecule has 0 bridgehead atoms. The summed E-state index contributed by atoms with van der Waals surface area (Å²) in [5.41, 5.74) is 4.97. The highest BCUT2D eigenvalue weighted by Gasteiger charge is 2.28. The molecule has 11 heteroatoms. The number of carbonyl (C=O) groups excluding carboxylic acids is 2. The molecule has 7 nitrogen and oxygen atoms in total. The van der Waals surface area contributed by atoms with Crippen LogP contribution in [0.1, 0.15) is 20.7 Å². The van der Waals surface area contributed by atoms with Gasteiger partial charge in [-0.25, -0.2) is 8.42 Å². The lowest BCUT2D eigenvalue weighted by Gasteiger charge is -2.11. The van der Waals surface area contributed by atoms with Gasteiger partial charge in [0, 0.05) is 5.56 Å². The molecule has 0 fully saturated rings. The van der Waals surface area contributed by atoms with Crippen LogP contribution in [0, 0.1) is 0 Å². The summed E-state index contributed by atoms with van der Waals surface area (Å²) >= 11 is 0. The van der Waals surface area contributed by atoms with Crippen molar-refractivity contribution in [3.8, 4) is 0 Å². The van der Waals surface area contributed by atoms with Gasteiger partial charge in [-0.3, -0.25) is 14.3 Å². The summed E-state index contributed by atoms with van der Waals surface area (Å²) in [6.07, 6.45) is -4.56. The molecule has 0 aromatic heterocycles. The smallest absolute Gasteiger partial charge is 0.366 e. The van der Waals surface area contributed by atoms with Gasteiger partial charge in [0.15, 0.2) is 0 Å². The van der Waals surface area contributed by atoms with Crippen molar-refractivity contribution in [1.82, 2.24) is 5.32 Å². The van der Waals surface area contributed by atoms with Crippen LogP contribution in [0.25, 0.3) is 0 Å². The Bertz CT molecular complexity index is 958. The van der Waals surface area contributed by atoms with Crippen LogP contribution < -0.4 is 15.8 Å². The summed E-state index contributed by atoms with van der Waals surface area (Å²) in [7, 11) is -4.12. The number of nitrogens with one attached hydrogen (secondary N) is 2. The van der Waals surface area contributed by atoms with E-state index < -0.39 is 34.6 Å². The fraction of sp³-hybridized carbons (Fsp3) is 0.125. The van der Waals surface area contributed by atoms with E-state index in [4.69, 9.17) is 5.73 Å². The van der Waals surface area contributed by atoms with Gasteiger partial charge >= 0.3 is 6.18 Å². The number of benzene rings is 2. The number of alkyl halides is 3. The highest BCUT2D eigenvalue weighted by atomic mass is 32.2. The van der Waals surface area contributed by atoms with E-state index in [1.807, 2.05) is 0 Å². The first-order valence-corrected chi connectivity index (χ1v) is 8.84. The molecule has 0 saturated carbocycles. The lowest BCUT2D eigenvalue weighted by molar-refractivity contribution is -0.123. The molecule has 0 spiro atoms. The molecule has 27 heavy (non-hydrogen) atoms. The molecule has 0 atom stereocenters. The van der Waals surface area contributed by atoms with E-state index in [0.717, 1.165) is 24.3 Å². The third kappa shape index (κ3) is 5.45. The molecule has 144 valence electrons. The first-order valence-electron chi connectivity index (χ1n) is 7.36. The predicted octanol–water partition coefficient (Wildman–Crippen LogP) is 1.88. The molecule has 0 unspecified atom stereocenters. The molecule has 0 radical (unpaired) electrons. The molecule has 2 amide bonds. The molecule has 0 saturated heterocycles. The average molecular weight is 401 g/mol. The van der Waals surface area contributed by atoms with E-state index in [9.17, 15) is 31.2 Å². The minimum absolute atomic E-state index is 0.0306. The van der Waals surface area contributed by atoms with Crippen LogP contribution in [0.5, 0.6) is 0 Å². The van der Waals surface area contributed by atoms with Gasteiger partial charge in [-0.1, -0.05) is 12.1 Å². The normalized spacial score (nSPS) is 11.7. The lowest BCUT2D eigenvalue weighted by atomic mass is 10.2. The zero-order valence-corrected chi connectivity index (χ0v) is 14.4. The largest absolute Gasteiger partial charge is 0.405 e. The summed E-state index contributed by atoms with van der Waals surface area (Å²) in [5, 5.41) is 1.68. The zero-order valence-electron chi connectivity index (χ0n) is 13.6. The van der Waals surface area contributed by atoms with Crippen molar-refractivity contribution >= 4 is 27.5 Å². The highest BCUT2D eigenvalue weighted by molar-refractivity contribution is 7.92. The number of para-hydroxylation sites is 1. The monoisotopic (exact) mass is 401 g/mol. The van der Waals surface area contributed by atoms with Crippen LogP contribution in [-0.4, -0.2) is 33.0 Å². The Morgan fingerprint density at radius 1 is 1.00 bits per heavy atom. The van der Waals surface area contributed by atoms with Gasteiger partial charge in [-0.2, -0.15) is 13.2 Å². The Kier molecular flexibility index (Phi) is 5.74. The number of sulfonamides is 1. The van der Waals surface area contributed by atoms with E-state index in [2.05, 4.69) is 4.72 Å². The molecule has 2 rings (SSSR count). The van der Waals surface area contributed by atoms with Crippen LogP contribution >= 0.6 is 0 Å². The average Bonchev–Trinajstić information content (AvgIpc) is 2.59. The minimum atomic E-state index is -4.56. The van der Waals surface area contributed by atoms with E-state index in [0.29, 0.717) is 0 Å². The minimum Gasteiger partial charge on any atom is -0.366 e. The maximum atomic E-state index is 12.4. The predicted molar refractivity (Wildman–Crippen MR) is 90.6 cm³/mol. The second kappa shape index (κ2) is 7.66. The van der Waals surface area contributed by atoms with E-state index in [1.165, 1.54) is 24.3 Å². The molecule has 2 aromatic rings. The maximum absolute atomic E-state index is 12.4. The zero-order chi connectivity index (χ0) is 20.2. The number of amides is 2. The SMILES string of the molecule is NC(=O)c1ccccc1NS(=O)(=O)c1ccc(C(=O)NCC(F)(F)F)cc1.